The third-order valence-electron chi connectivity index (χ3n) is 2.23. The summed E-state index contributed by atoms with van der Waals surface area (Å²) in [7, 11) is 0. The number of hydrogen-bond donors (Lipinski definition) is 1. The number of rotatable bonds is 3. The van der Waals surface area contributed by atoms with Gasteiger partial charge in [0.1, 0.15) is 6.33 Å². The number of benzene rings is 1. The fraction of sp³-hybridized carbons (Fsp3) is 0.167. The van der Waals surface area contributed by atoms with Gasteiger partial charge in [-0.3, -0.25) is 0 Å². The van der Waals surface area contributed by atoms with E-state index in [0.717, 1.165) is 11.3 Å². The maximum Gasteiger partial charge on any atom is 0.115 e. The molecule has 0 saturated heterocycles. The van der Waals surface area contributed by atoms with Crippen LogP contribution in [0.5, 0.6) is 0 Å². The lowest BCUT2D eigenvalue weighted by Gasteiger charge is -2.09. The van der Waals surface area contributed by atoms with E-state index in [4.69, 9.17) is 0 Å². The average molecular weight is 200 g/mol. The van der Waals surface area contributed by atoms with Gasteiger partial charge < -0.3 is 5.11 Å². The van der Waals surface area contributed by atoms with Crippen molar-refractivity contribution in [2.24, 2.45) is 0 Å². The summed E-state index contributed by atoms with van der Waals surface area (Å²) >= 11 is 0. The van der Waals surface area contributed by atoms with E-state index in [1.807, 2.05) is 36.4 Å². The highest BCUT2D eigenvalue weighted by atomic mass is 16.3. The Balaban J connectivity index is 2.08. The first kappa shape index (κ1) is 9.80. The molecule has 1 N–H and O–H groups in total. The Labute approximate surface area is 88.5 Å². The summed E-state index contributed by atoms with van der Waals surface area (Å²) in [5.41, 5.74) is 1.76. The Hall–Kier alpha value is -1.74. The van der Waals surface area contributed by atoms with E-state index in [2.05, 4.69) is 9.97 Å². The zero-order valence-electron chi connectivity index (χ0n) is 8.24. The molecule has 3 nitrogen and oxygen atoms in total. The molecule has 2 aromatic rings. The summed E-state index contributed by atoms with van der Waals surface area (Å²) in [4.78, 5) is 7.91. The van der Waals surface area contributed by atoms with E-state index < -0.39 is 6.10 Å². The number of aliphatic hydroxyl groups is 1. The molecule has 1 heterocycles. The van der Waals surface area contributed by atoms with Crippen molar-refractivity contribution in [3.8, 4) is 0 Å². The molecule has 0 aliphatic heterocycles. The van der Waals surface area contributed by atoms with Crippen molar-refractivity contribution in [2.75, 3.05) is 0 Å². The third-order valence-corrected chi connectivity index (χ3v) is 2.23. The van der Waals surface area contributed by atoms with Crippen LogP contribution in [0.3, 0.4) is 0 Å². The van der Waals surface area contributed by atoms with Crippen molar-refractivity contribution in [3.63, 3.8) is 0 Å². The van der Waals surface area contributed by atoms with E-state index in [1.54, 1.807) is 6.20 Å². The predicted octanol–water partition coefficient (Wildman–Crippen LogP) is 1.75. The fourth-order valence-corrected chi connectivity index (χ4v) is 1.43. The summed E-state index contributed by atoms with van der Waals surface area (Å²) < 4.78 is 0. The van der Waals surface area contributed by atoms with Crippen LogP contribution in [-0.2, 0) is 6.42 Å². The molecule has 3 heteroatoms. The van der Waals surface area contributed by atoms with Crippen LogP contribution in [0.25, 0.3) is 0 Å². The van der Waals surface area contributed by atoms with Crippen LogP contribution in [0.15, 0.2) is 48.9 Å². The van der Waals surface area contributed by atoms with Crippen molar-refractivity contribution < 1.29 is 5.11 Å². The molecule has 0 saturated carbocycles. The minimum atomic E-state index is -0.499. The fourth-order valence-electron chi connectivity index (χ4n) is 1.43. The van der Waals surface area contributed by atoms with Crippen molar-refractivity contribution in [2.45, 2.75) is 12.5 Å². The molecule has 1 atom stereocenters. The molecule has 0 aliphatic carbocycles. The maximum atomic E-state index is 9.91. The molecule has 15 heavy (non-hydrogen) atoms. The van der Waals surface area contributed by atoms with Gasteiger partial charge in [-0.1, -0.05) is 30.3 Å². The van der Waals surface area contributed by atoms with Gasteiger partial charge in [0.15, 0.2) is 0 Å². The Bertz CT molecular complexity index is 402. The quantitative estimate of drug-likeness (QED) is 0.821. The number of nitrogens with zero attached hydrogens (tertiary/aromatic N) is 2. The highest BCUT2D eigenvalue weighted by molar-refractivity contribution is 5.18. The SMILES string of the molecule is O[C@H](Cc1ccncn1)c1ccccc1. The van der Waals surface area contributed by atoms with Gasteiger partial charge in [-0.25, -0.2) is 9.97 Å². The average Bonchev–Trinajstić information content (AvgIpc) is 2.31. The molecule has 0 amide bonds. The van der Waals surface area contributed by atoms with Gasteiger partial charge in [0, 0.05) is 18.3 Å². The van der Waals surface area contributed by atoms with Crippen LogP contribution < -0.4 is 0 Å². The Kier molecular flexibility index (Phi) is 3.05. The lowest BCUT2D eigenvalue weighted by molar-refractivity contribution is 0.177. The molecule has 0 aliphatic rings. The summed E-state index contributed by atoms with van der Waals surface area (Å²) in [6, 6.07) is 11.4. The Morgan fingerprint density at radius 2 is 1.93 bits per heavy atom. The van der Waals surface area contributed by atoms with Crippen molar-refractivity contribution in [1.29, 1.82) is 0 Å². The zero-order valence-corrected chi connectivity index (χ0v) is 8.24. The first-order valence-electron chi connectivity index (χ1n) is 4.84. The topological polar surface area (TPSA) is 46.0 Å². The lowest BCUT2D eigenvalue weighted by Crippen LogP contribution is -2.03. The summed E-state index contributed by atoms with van der Waals surface area (Å²) in [5, 5.41) is 9.91. The standard InChI is InChI=1S/C12H12N2O/c15-12(10-4-2-1-3-5-10)8-11-6-7-13-9-14-11/h1-7,9,12,15H,8H2/t12-/m1/s1. The molecular weight excluding hydrogens is 188 g/mol. The second-order valence-electron chi connectivity index (χ2n) is 3.33. The van der Waals surface area contributed by atoms with Gasteiger partial charge in [-0.2, -0.15) is 0 Å². The highest BCUT2D eigenvalue weighted by Crippen LogP contribution is 2.15. The van der Waals surface area contributed by atoms with Gasteiger partial charge in [0.25, 0.3) is 0 Å². The number of hydrogen-bond acceptors (Lipinski definition) is 3. The molecule has 0 fully saturated rings. The smallest absolute Gasteiger partial charge is 0.115 e. The van der Waals surface area contributed by atoms with Gasteiger partial charge in [-0.05, 0) is 11.6 Å². The molecule has 1 aromatic heterocycles. The first-order valence-corrected chi connectivity index (χ1v) is 4.84. The molecule has 0 spiro atoms. The zero-order chi connectivity index (χ0) is 10.5. The monoisotopic (exact) mass is 200 g/mol. The normalized spacial score (nSPS) is 12.3. The molecular formula is C12H12N2O. The molecule has 2 rings (SSSR count). The van der Waals surface area contributed by atoms with Crippen molar-refractivity contribution >= 4 is 0 Å². The van der Waals surface area contributed by atoms with E-state index in [9.17, 15) is 5.11 Å². The van der Waals surface area contributed by atoms with E-state index in [-0.39, 0.29) is 0 Å². The van der Waals surface area contributed by atoms with Gasteiger partial charge in [0.2, 0.25) is 0 Å². The van der Waals surface area contributed by atoms with Gasteiger partial charge in [-0.15, -0.1) is 0 Å². The lowest BCUT2D eigenvalue weighted by atomic mass is 10.1. The van der Waals surface area contributed by atoms with E-state index >= 15 is 0 Å². The second-order valence-corrected chi connectivity index (χ2v) is 3.33. The summed E-state index contributed by atoms with van der Waals surface area (Å²) in [5.74, 6) is 0. The van der Waals surface area contributed by atoms with Crippen molar-refractivity contribution in [3.05, 3.63) is 60.2 Å². The Morgan fingerprint density at radius 1 is 1.13 bits per heavy atom. The molecule has 0 bridgehead atoms. The van der Waals surface area contributed by atoms with E-state index in [0.29, 0.717) is 6.42 Å². The first-order chi connectivity index (χ1) is 7.36. The van der Waals surface area contributed by atoms with Crippen LogP contribution >= 0.6 is 0 Å². The second kappa shape index (κ2) is 4.66. The van der Waals surface area contributed by atoms with Crippen LogP contribution in [0, 0.1) is 0 Å². The molecule has 0 radical (unpaired) electrons. The number of aromatic nitrogens is 2. The highest BCUT2D eigenvalue weighted by Gasteiger charge is 2.07. The van der Waals surface area contributed by atoms with Crippen molar-refractivity contribution in [1.82, 2.24) is 9.97 Å². The minimum absolute atomic E-state index is 0.499. The van der Waals surface area contributed by atoms with Crippen LogP contribution in [0.2, 0.25) is 0 Å². The maximum absolute atomic E-state index is 9.91. The van der Waals surface area contributed by atoms with Crippen LogP contribution in [0.4, 0.5) is 0 Å². The minimum Gasteiger partial charge on any atom is -0.388 e. The van der Waals surface area contributed by atoms with Gasteiger partial charge >= 0.3 is 0 Å². The summed E-state index contributed by atoms with van der Waals surface area (Å²) in [6.07, 6.45) is 3.20. The van der Waals surface area contributed by atoms with Crippen LogP contribution in [0.1, 0.15) is 17.4 Å². The third kappa shape index (κ3) is 2.60. The van der Waals surface area contributed by atoms with Gasteiger partial charge in [0.05, 0.1) is 6.10 Å². The Morgan fingerprint density at radius 3 is 2.60 bits per heavy atom. The molecule has 76 valence electrons. The molecule has 1 aromatic carbocycles. The largest absolute Gasteiger partial charge is 0.388 e. The van der Waals surface area contributed by atoms with E-state index in [1.165, 1.54) is 6.33 Å². The number of aliphatic hydroxyl groups excluding tert-OH is 1. The van der Waals surface area contributed by atoms with Crippen LogP contribution in [-0.4, -0.2) is 15.1 Å². The predicted molar refractivity (Wildman–Crippen MR) is 57.1 cm³/mol. The molecule has 0 unspecified atom stereocenters. The summed E-state index contributed by atoms with van der Waals surface area (Å²) in [6.45, 7) is 0.